The summed E-state index contributed by atoms with van der Waals surface area (Å²) in [6, 6.07) is 0. The lowest BCUT2D eigenvalue weighted by Gasteiger charge is -2.61. The highest BCUT2D eigenvalue weighted by molar-refractivity contribution is 5.66. The van der Waals surface area contributed by atoms with E-state index in [2.05, 4.69) is 33.0 Å². The summed E-state index contributed by atoms with van der Waals surface area (Å²) in [6.07, 6.45) is 10.1. The Morgan fingerprint density at radius 1 is 0.868 bits per heavy atom. The molecule has 5 rings (SSSR count). The Labute approximate surface area is 230 Å². The van der Waals surface area contributed by atoms with Gasteiger partial charge in [-0.3, -0.25) is 9.59 Å². The number of rotatable bonds is 4. The summed E-state index contributed by atoms with van der Waals surface area (Å²) in [5.74, 6) is 3.04. The van der Waals surface area contributed by atoms with Crippen LogP contribution < -0.4 is 5.32 Å². The van der Waals surface area contributed by atoms with Gasteiger partial charge in [-0.05, 0) is 111 Å². The van der Waals surface area contributed by atoms with Crippen LogP contribution in [0.1, 0.15) is 99.3 Å². The second-order valence-electron chi connectivity index (χ2n) is 14.1. The van der Waals surface area contributed by atoms with Crippen molar-refractivity contribution >= 4 is 11.9 Å². The molecule has 1 N–H and O–H groups in total. The zero-order valence-electron chi connectivity index (χ0n) is 24.8. The van der Waals surface area contributed by atoms with Crippen LogP contribution in [0.3, 0.4) is 0 Å². The van der Waals surface area contributed by atoms with Crippen LogP contribution in [0.2, 0.25) is 0 Å². The average Bonchev–Trinajstić information content (AvgIpc) is 3.14. The molecule has 0 radical (unpaired) electrons. The Morgan fingerprint density at radius 3 is 2.26 bits per heavy atom. The van der Waals surface area contributed by atoms with E-state index in [-0.39, 0.29) is 41.6 Å². The summed E-state index contributed by atoms with van der Waals surface area (Å²) in [4.78, 5) is 24.0. The van der Waals surface area contributed by atoms with Gasteiger partial charge in [0.15, 0.2) is 0 Å². The van der Waals surface area contributed by atoms with Crippen LogP contribution in [-0.4, -0.2) is 43.9 Å². The molecule has 0 amide bonds. The fraction of sp³-hybridized carbons (Fsp3) is 0.875. The van der Waals surface area contributed by atoms with Gasteiger partial charge in [-0.25, -0.2) is 0 Å². The van der Waals surface area contributed by atoms with Crippen molar-refractivity contribution in [3.05, 3.63) is 11.3 Å². The quantitative estimate of drug-likeness (QED) is 0.448. The molecule has 5 aliphatic rings. The number of piperidine rings is 1. The van der Waals surface area contributed by atoms with Crippen LogP contribution >= 0.6 is 0 Å². The van der Waals surface area contributed by atoms with Crippen molar-refractivity contribution in [1.29, 1.82) is 0 Å². The van der Waals surface area contributed by atoms with Crippen LogP contribution in [0.15, 0.2) is 11.3 Å². The van der Waals surface area contributed by atoms with Crippen molar-refractivity contribution in [2.45, 2.75) is 118 Å². The first-order chi connectivity index (χ1) is 18.0. The minimum Gasteiger partial charge on any atom is -0.463 e. The lowest BCUT2D eigenvalue weighted by Crippen LogP contribution is -2.54. The standard InChI is InChI=1S/C32H51NO5/c1-18-14-28(36-7)30(33-17-18)19(2)29-27(38-21(4)35)16-26-24-9-8-22-15-23(37-20(3)34)10-12-31(22,5)25(24)11-13-32(26,29)6/h18,22-29,33H,8-17H2,1-7H3/b30-19+. The monoisotopic (exact) mass is 529 g/mol. The third-order valence-corrected chi connectivity index (χ3v) is 12.0. The molecule has 4 aliphatic carbocycles. The highest BCUT2D eigenvalue weighted by Gasteiger charge is 2.63. The van der Waals surface area contributed by atoms with Gasteiger partial charge in [0.05, 0.1) is 6.10 Å². The largest absolute Gasteiger partial charge is 0.463 e. The molecule has 1 heterocycles. The molecule has 6 heteroatoms. The second kappa shape index (κ2) is 10.4. The first kappa shape index (κ1) is 28.0. The lowest BCUT2D eigenvalue weighted by molar-refractivity contribution is -0.160. The van der Waals surface area contributed by atoms with Crippen molar-refractivity contribution in [2.75, 3.05) is 13.7 Å². The number of hydrogen-bond donors (Lipinski definition) is 1. The van der Waals surface area contributed by atoms with Crippen molar-refractivity contribution in [3.63, 3.8) is 0 Å². The van der Waals surface area contributed by atoms with Gasteiger partial charge in [0.25, 0.3) is 0 Å². The molecule has 1 aliphatic heterocycles. The first-order valence-electron chi connectivity index (χ1n) is 15.3. The van der Waals surface area contributed by atoms with E-state index in [4.69, 9.17) is 14.2 Å². The van der Waals surface area contributed by atoms with Crippen LogP contribution in [0.4, 0.5) is 0 Å². The first-order valence-corrected chi connectivity index (χ1v) is 15.3. The minimum absolute atomic E-state index is 0.0716. The molecule has 0 spiro atoms. The average molecular weight is 530 g/mol. The minimum atomic E-state index is -0.162. The van der Waals surface area contributed by atoms with E-state index in [1.807, 2.05) is 7.11 Å². The summed E-state index contributed by atoms with van der Waals surface area (Å²) in [5.41, 5.74) is 3.00. The molecule has 0 aromatic rings. The van der Waals surface area contributed by atoms with Crippen LogP contribution in [-0.2, 0) is 23.8 Å². The van der Waals surface area contributed by atoms with E-state index in [0.717, 1.165) is 38.6 Å². The predicted molar refractivity (Wildman–Crippen MR) is 147 cm³/mol. The topological polar surface area (TPSA) is 73.9 Å². The number of esters is 2. The third kappa shape index (κ3) is 4.71. The molecule has 4 saturated carbocycles. The Kier molecular flexibility index (Phi) is 7.69. The summed E-state index contributed by atoms with van der Waals surface area (Å²) in [7, 11) is 1.82. The predicted octanol–water partition coefficient (Wildman–Crippen LogP) is 6.04. The molecule has 0 aromatic heterocycles. The fourth-order valence-corrected chi connectivity index (χ4v) is 10.4. The van der Waals surface area contributed by atoms with Gasteiger partial charge in [-0.15, -0.1) is 0 Å². The Bertz CT molecular complexity index is 961. The molecule has 11 atom stereocenters. The van der Waals surface area contributed by atoms with Crippen LogP contribution in [0, 0.1) is 46.3 Å². The van der Waals surface area contributed by atoms with Crippen molar-refractivity contribution in [2.24, 2.45) is 46.3 Å². The number of methoxy groups -OCH3 is 1. The second-order valence-corrected chi connectivity index (χ2v) is 14.1. The molecular formula is C32H51NO5. The molecule has 11 unspecified atom stereocenters. The number of carbonyl (C=O) groups is 2. The number of carbonyl (C=O) groups excluding carboxylic acids is 2. The summed E-state index contributed by atoms with van der Waals surface area (Å²) in [5, 5.41) is 3.73. The maximum Gasteiger partial charge on any atom is 0.302 e. The lowest BCUT2D eigenvalue weighted by atomic mass is 9.44. The molecular weight excluding hydrogens is 478 g/mol. The van der Waals surface area contributed by atoms with Crippen LogP contribution in [0.5, 0.6) is 0 Å². The van der Waals surface area contributed by atoms with Crippen molar-refractivity contribution in [3.8, 4) is 0 Å². The number of fused-ring (bicyclic) bond motifs is 5. The molecule has 214 valence electrons. The number of ether oxygens (including phenoxy) is 3. The van der Waals surface area contributed by atoms with E-state index in [9.17, 15) is 9.59 Å². The van der Waals surface area contributed by atoms with E-state index in [1.165, 1.54) is 43.9 Å². The smallest absolute Gasteiger partial charge is 0.302 e. The Morgan fingerprint density at radius 2 is 1.58 bits per heavy atom. The molecule has 0 aromatic carbocycles. The SMILES string of the molecule is COC1CC(C)CN/C1=C(\C)C1C(OC(C)=O)CC2C3CCC4CC(OC(C)=O)CCC4(C)C3CCC21C. The fourth-order valence-electron chi connectivity index (χ4n) is 10.4. The molecule has 1 saturated heterocycles. The van der Waals surface area contributed by atoms with Crippen molar-refractivity contribution in [1.82, 2.24) is 5.32 Å². The maximum atomic E-state index is 12.3. The summed E-state index contributed by atoms with van der Waals surface area (Å²) < 4.78 is 17.8. The van der Waals surface area contributed by atoms with Gasteiger partial charge in [0.1, 0.15) is 12.2 Å². The van der Waals surface area contributed by atoms with E-state index < -0.39 is 0 Å². The Balaban J connectivity index is 1.44. The highest BCUT2D eigenvalue weighted by atomic mass is 16.5. The number of hydrogen-bond acceptors (Lipinski definition) is 6. The van der Waals surface area contributed by atoms with Gasteiger partial charge in [0, 0.05) is 39.1 Å². The highest BCUT2D eigenvalue weighted by Crippen LogP contribution is 2.68. The zero-order valence-corrected chi connectivity index (χ0v) is 24.8. The molecule has 5 fully saturated rings. The van der Waals surface area contributed by atoms with Gasteiger partial charge >= 0.3 is 11.9 Å². The van der Waals surface area contributed by atoms with Gasteiger partial charge in [-0.2, -0.15) is 0 Å². The molecule has 6 nitrogen and oxygen atoms in total. The van der Waals surface area contributed by atoms with E-state index in [0.29, 0.717) is 35.0 Å². The van der Waals surface area contributed by atoms with Crippen molar-refractivity contribution < 1.29 is 23.8 Å². The van der Waals surface area contributed by atoms with Gasteiger partial charge in [-0.1, -0.05) is 20.8 Å². The van der Waals surface area contributed by atoms with E-state index in [1.54, 1.807) is 6.92 Å². The summed E-state index contributed by atoms with van der Waals surface area (Å²) in [6.45, 7) is 13.7. The van der Waals surface area contributed by atoms with Gasteiger partial charge in [0.2, 0.25) is 0 Å². The summed E-state index contributed by atoms with van der Waals surface area (Å²) >= 11 is 0. The van der Waals surface area contributed by atoms with Gasteiger partial charge < -0.3 is 19.5 Å². The third-order valence-electron chi connectivity index (χ3n) is 12.0. The Hall–Kier alpha value is -1.56. The van der Waals surface area contributed by atoms with E-state index >= 15 is 0 Å². The molecule has 0 bridgehead atoms. The zero-order chi connectivity index (χ0) is 27.4. The molecule has 38 heavy (non-hydrogen) atoms. The van der Waals surface area contributed by atoms with Crippen LogP contribution in [0.25, 0.3) is 0 Å². The normalized spacial score (nSPS) is 47.6. The number of nitrogens with one attached hydrogen (secondary N) is 1. The maximum absolute atomic E-state index is 12.3.